The summed E-state index contributed by atoms with van der Waals surface area (Å²) in [6, 6.07) is 8.19. The highest BCUT2D eigenvalue weighted by Crippen LogP contribution is 2.21. The molecule has 1 aromatic carbocycles. The SMILES string of the molecule is O=C(CCSc1ccc(Br)cc1)NCCCN1CCNCC1. The number of halogens is 1. The Labute approximate surface area is 145 Å². The Kier molecular flexibility index (Phi) is 8.30. The van der Waals surface area contributed by atoms with Crippen LogP contribution in [-0.4, -0.2) is 55.8 Å². The Morgan fingerprint density at radius 3 is 2.73 bits per heavy atom. The van der Waals surface area contributed by atoms with Gasteiger partial charge in [0.1, 0.15) is 0 Å². The van der Waals surface area contributed by atoms with E-state index >= 15 is 0 Å². The van der Waals surface area contributed by atoms with Gasteiger partial charge >= 0.3 is 0 Å². The first kappa shape index (κ1) is 17.8. The van der Waals surface area contributed by atoms with Crippen LogP contribution in [-0.2, 0) is 4.79 Å². The third kappa shape index (κ3) is 7.13. The fraction of sp³-hybridized carbons (Fsp3) is 0.562. The number of carbonyl (C=O) groups is 1. The summed E-state index contributed by atoms with van der Waals surface area (Å²) in [5.74, 6) is 0.982. The number of thioether (sulfide) groups is 1. The normalized spacial score (nSPS) is 15.7. The van der Waals surface area contributed by atoms with Gasteiger partial charge in [0.15, 0.2) is 0 Å². The second-order valence-electron chi connectivity index (χ2n) is 5.35. The summed E-state index contributed by atoms with van der Waals surface area (Å²) >= 11 is 5.14. The number of nitrogens with zero attached hydrogens (tertiary/aromatic N) is 1. The monoisotopic (exact) mass is 385 g/mol. The van der Waals surface area contributed by atoms with Crippen LogP contribution in [0.15, 0.2) is 33.6 Å². The molecule has 1 heterocycles. The van der Waals surface area contributed by atoms with Crippen LogP contribution in [0.3, 0.4) is 0 Å². The first-order valence-electron chi connectivity index (χ1n) is 7.82. The molecular formula is C16H24BrN3OS. The Bertz CT molecular complexity index is 449. The van der Waals surface area contributed by atoms with Crippen LogP contribution >= 0.6 is 27.7 Å². The van der Waals surface area contributed by atoms with Crippen molar-refractivity contribution in [2.24, 2.45) is 0 Å². The second kappa shape index (κ2) is 10.3. The highest BCUT2D eigenvalue weighted by atomic mass is 79.9. The van der Waals surface area contributed by atoms with Gasteiger partial charge in [0.25, 0.3) is 0 Å². The standard InChI is InChI=1S/C16H24BrN3OS/c17-14-2-4-15(5-3-14)22-13-6-16(21)19-7-1-10-20-11-8-18-9-12-20/h2-5,18H,1,6-13H2,(H,19,21). The number of hydrogen-bond acceptors (Lipinski definition) is 4. The minimum absolute atomic E-state index is 0.157. The maximum absolute atomic E-state index is 11.8. The molecule has 2 N–H and O–H groups in total. The van der Waals surface area contributed by atoms with Gasteiger partial charge in [-0.1, -0.05) is 15.9 Å². The van der Waals surface area contributed by atoms with E-state index in [0.717, 1.165) is 55.9 Å². The molecule has 22 heavy (non-hydrogen) atoms. The van der Waals surface area contributed by atoms with E-state index in [1.807, 2.05) is 12.1 Å². The van der Waals surface area contributed by atoms with Crippen LogP contribution < -0.4 is 10.6 Å². The predicted octanol–water partition coefficient (Wildman–Crippen LogP) is 2.34. The number of rotatable bonds is 8. The van der Waals surface area contributed by atoms with Crippen LogP contribution in [0.5, 0.6) is 0 Å². The van der Waals surface area contributed by atoms with E-state index in [-0.39, 0.29) is 5.91 Å². The molecule has 1 amide bonds. The molecule has 0 radical (unpaired) electrons. The van der Waals surface area contributed by atoms with Crippen LogP contribution in [0.2, 0.25) is 0 Å². The number of carbonyl (C=O) groups excluding carboxylic acids is 1. The topological polar surface area (TPSA) is 44.4 Å². The molecule has 0 saturated carbocycles. The Hall–Kier alpha value is -0.560. The first-order valence-corrected chi connectivity index (χ1v) is 9.60. The molecular weight excluding hydrogens is 362 g/mol. The van der Waals surface area contributed by atoms with Crippen LogP contribution in [0.4, 0.5) is 0 Å². The maximum Gasteiger partial charge on any atom is 0.220 e. The van der Waals surface area contributed by atoms with Gasteiger partial charge in [-0.15, -0.1) is 11.8 Å². The van der Waals surface area contributed by atoms with Gasteiger partial charge in [0.05, 0.1) is 0 Å². The van der Waals surface area contributed by atoms with Crippen molar-refractivity contribution in [1.82, 2.24) is 15.5 Å². The second-order valence-corrected chi connectivity index (χ2v) is 7.43. The highest BCUT2D eigenvalue weighted by Gasteiger charge is 2.08. The quantitative estimate of drug-likeness (QED) is 0.532. The zero-order valence-electron chi connectivity index (χ0n) is 12.8. The predicted molar refractivity (Wildman–Crippen MR) is 96.4 cm³/mol. The Balaban J connectivity index is 1.49. The molecule has 0 bridgehead atoms. The van der Waals surface area contributed by atoms with E-state index < -0.39 is 0 Å². The van der Waals surface area contributed by atoms with Crippen LogP contribution in [0, 0.1) is 0 Å². The van der Waals surface area contributed by atoms with E-state index in [4.69, 9.17) is 0 Å². The molecule has 6 heteroatoms. The number of benzene rings is 1. The van der Waals surface area contributed by atoms with Crippen molar-refractivity contribution in [3.63, 3.8) is 0 Å². The van der Waals surface area contributed by atoms with E-state index in [1.54, 1.807) is 11.8 Å². The molecule has 1 aliphatic heterocycles. The largest absolute Gasteiger partial charge is 0.356 e. The number of piperazine rings is 1. The van der Waals surface area contributed by atoms with Gasteiger partial charge in [-0.25, -0.2) is 0 Å². The number of amides is 1. The summed E-state index contributed by atoms with van der Waals surface area (Å²) in [5, 5.41) is 6.36. The third-order valence-corrected chi connectivity index (χ3v) is 5.14. The Morgan fingerprint density at radius 1 is 1.27 bits per heavy atom. The molecule has 2 rings (SSSR count). The van der Waals surface area contributed by atoms with E-state index in [9.17, 15) is 4.79 Å². The zero-order valence-corrected chi connectivity index (χ0v) is 15.2. The van der Waals surface area contributed by atoms with Crippen molar-refractivity contribution in [1.29, 1.82) is 0 Å². The summed E-state index contributed by atoms with van der Waals surface area (Å²) in [7, 11) is 0. The Morgan fingerprint density at radius 2 is 2.00 bits per heavy atom. The summed E-state index contributed by atoms with van der Waals surface area (Å²) in [4.78, 5) is 15.4. The molecule has 0 atom stereocenters. The van der Waals surface area contributed by atoms with Gasteiger partial charge < -0.3 is 15.5 Å². The number of nitrogens with one attached hydrogen (secondary N) is 2. The molecule has 0 unspecified atom stereocenters. The zero-order chi connectivity index (χ0) is 15.6. The lowest BCUT2D eigenvalue weighted by Crippen LogP contribution is -2.44. The smallest absolute Gasteiger partial charge is 0.220 e. The highest BCUT2D eigenvalue weighted by molar-refractivity contribution is 9.10. The fourth-order valence-corrected chi connectivity index (χ4v) is 3.46. The van der Waals surface area contributed by atoms with Gasteiger partial charge in [0.2, 0.25) is 5.91 Å². The molecule has 122 valence electrons. The van der Waals surface area contributed by atoms with E-state index in [2.05, 4.69) is 43.6 Å². The van der Waals surface area contributed by atoms with Gasteiger partial charge in [-0.3, -0.25) is 4.79 Å². The van der Waals surface area contributed by atoms with Crippen molar-refractivity contribution in [3.05, 3.63) is 28.7 Å². The lowest BCUT2D eigenvalue weighted by Gasteiger charge is -2.27. The molecule has 0 spiro atoms. The van der Waals surface area contributed by atoms with E-state index in [1.165, 1.54) is 4.90 Å². The first-order chi connectivity index (χ1) is 10.7. The fourth-order valence-electron chi connectivity index (χ4n) is 2.35. The molecule has 1 aromatic rings. The van der Waals surface area contributed by atoms with Crippen LogP contribution in [0.25, 0.3) is 0 Å². The van der Waals surface area contributed by atoms with Crippen molar-refractivity contribution >= 4 is 33.6 Å². The minimum Gasteiger partial charge on any atom is -0.356 e. The van der Waals surface area contributed by atoms with Crippen molar-refractivity contribution < 1.29 is 4.79 Å². The molecule has 4 nitrogen and oxygen atoms in total. The summed E-state index contributed by atoms with van der Waals surface area (Å²) in [5.41, 5.74) is 0. The molecule has 1 fully saturated rings. The van der Waals surface area contributed by atoms with Crippen molar-refractivity contribution in [3.8, 4) is 0 Å². The summed E-state index contributed by atoms with van der Waals surface area (Å²) in [6.07, 6.45) is 1.61. The summed E-state index contributed by atoms with van der Waals surface area (Å²) in [6.45, 7) is 6.27. The maximum atomic E-state index is 11.8. The molecule has 0 aromatic heterocycles. The average molecular weight is 386 g/mol. The van der Waals surface area contributed by atoms with Gasteiger partial charge in [-0.2, -0.15) is 0 Å². The van der Waals surface area contributed by atoms with E-state index in [0.29, 0.717) is 6.42 Å². The van der Waals surface area contributed by atoms with Crippen molar-refractivity contribution in [2.75, 3.05) is 45.0 Å². The van der Waals surface area contributed by atoms with Gasteiger partial charge in [-0.05, 0) is 37.2 Å². The molecule has 1 saturated heterocycles. The molecule has 1 aliphatic rings. The average Bonchev–Trinajstić information content (AvgIpc) is 2.54. The summed E-state index contributed by atoms with van der Waals surface area (Å²) < 4.78 is 1.08. The minimum atomic E-state index is 0.157. The van der Waals surface area contributed by atoms with Crippen molar-refractivity contribution in [2.45, 2.75) is 17.7 Å². The lowest BCUT2D eigenvalue weighted by molar-refractivity contribution is -0.120. The number of hydrogen-bond donors (Lipinski definition) is 2. The van der Waals surface area contributed by atoms with Crippen LogP contribution in [0.1, 0.15) is 12.8 Å². The third-order valence-electron chi connectivity index (χ3n) is 3.59. The van der Waals surface area contributed by atoms with Gasteiger partial charge in [0, 0.05) is 54.3 Å². The molecule has 0 aliphatic carbocycles. The lowest BCUT2D eigenvalue weighted by atomic mass is 10.3.